The molecule has 0 aliphatic heterocycles. The molecule has 70 valence electrons. The van der Waals surface area contributed by atoms with Crippen LogP contribution in [0.15, 0.2) is 0 Å². The van der Waals surface area contributed by atoms with Gasteiger partial charge in [-0.1, -0.05) is 0 Å². The Kier molecular flexibility index (Phi) is 1.59. The van der Waals surface area contributed by atoms with Crippen LogP contribution < -0.4 is 0 Å². The van der Waals surface area contributed by atoms with Gasteiger partial charge in [-0.15, -0.1) is 0 Å². The monoisotopic (exact) mass is 170 g/mol. The molecule has 0 aromatic rings. The highest BCUT2D eigenvalue weighted by Gasteiger charge is 2.54. The molecule has 2 aliphatic rings. The highest BCUT2D eigenvalue weighted by molar-refractivity contribution is 5.05. The number of hydrogen-bond acceptors (Lipinski definition) is 2. The first kappa shape index (κ1) is 8.52. The van der Waals surface area contributed by atoms with Crippen LogP contribution in [-0.4, -0.2) is 21.4 Å². The van der Waals surface area contributed by atoms with Gasteiger partial charge in [0.2, 0.25) is 0 Å². The van der Waals surface area contributed by atoms with Crippen molar-refractivity contribution in [3.05, 3.63) is 0 Å². The fourth-order valence-corrected chi connectivity index (χ4v) is 3.16. The molecule has 2 nitrogen and oxygen atoms in total. The highest BCUT2D eigenvalue weighted by atomic mass is 16.3. The lowest BCUT2D eigenvalue weighted by Crippen LogP contribution is -2.34. The average molecular weight is 170 g/mol. The zero-order valence-corrected chi connectivity index (χ0v) is 7.88. The van der Waals surface area contributed by atoms with Crippen LogP contribution in [0.5, 0.6) is 0 Å². The Hall–Kier alpha value is -0.0800. The van der Waals surface area contributed by atoms with Crippen LogP contribution in [0.2, 0.25) is 0 Å². The van der Waals surface area contributed by atoms with Crippen molar-refractivity contribution in [1.82, 2.24) is 0 Å². The van der Waals surface area contributed by atoms with E-state index in [-0.39, 0.29) is 0 Å². The standard InChI is InChI=1S/C10H18O2/c1-9(11)5-3-8-7(9)4-6-10(8,2)12/h7-8,11-12H,3-6H2,1-2H3/t7-,8-,9?,10?/m1/s1. The van der Waals surface area contributed by atoms with Crippen molar-refractivity contribution < 1.29 is 10.2 Å². The fraction of sp³-hybridized carbons (Fsp3) is 1.00. The molecule has 2 rings (SSSR count). The molecule has 12 heavy (non-hydrogen) atoms. The van der Waals surface area contributed by atoms with Crippen LogP contribution in [0.25, 0.3) is 0 Å². The molecular formula is C10H18O2. The summed E-state index contributed by atoms with van der Waals surface area (Å²) in [5, 5.41) is 20.0. The molecule has 4 atom stereocenters. The summed E-state index contributed by atoms with van der Waals surface area (Å²) >= 11 is 0. The van der Waals surface area contributed by atoms with E-state index >= 15 is 0 Å². The van der Waals surface area contributed by atoms with Gasteiger partial charge >= 0.3 is 0 Å². The predicted molar refractivity (Wildman–Crippen MR) is 46.7 cm³/mol. The van der Waals surface area contributed by atoms with Gasteiger partial charge in [0.25, 0.3) is 0 Å². The van der Waals surface area contributed by atoms with E-state index in [1.165, 1.54) is 0 Å². The second-order valence-electron chi connectivity index (χ2n) is 5.00. The van der Waals surface area contributed by atoms with Crippen LogP contribution in [0.4, 0.5) is 0 Å². The van der Waals surface area contributed by atoms with Crippen molar-refractivity contribution in [2.24, 2.45) is 11.8 Å². The van der Waals surface area contributed by atoms with Gasteiger partial charge in [0, 0.05) is 0 Å². The summed E-state index contributed by atoms with van der Waals surface area (Å²) in [6.45, 7) is 3.83. The van der Waals surface area contributed by atoms with Crippen LogP contribution in [0, 0.1) is 11.8 Å². The maximum Gasteiger partial charge on any atom is 0.0651 e. The van der Waals surface area contributed by atoms with Crippen LogP contribution in [0.3, 0.4) is 0 Å². The largest absolute Gasteiger partial charge is 0.390 e. The molecule has 0 aromatic heterocycles. The van der Waals surface area contributed by atoms with E-state index in [0.29, 0.717) is 11.8 Å². The number of fused-ring (bicyclic) bond motifs is 1. The third-order valence-electron chi connectivity index (χ3n) is 4.01. The molecule has 0 radical (unpaired) electrons. The summed E-state index contributed by atoms with van der Waals surface area (Å²) in [5.41, 5.74) is -1.02. The Morgan fingerprint density at radius 3 is 1.58 bits per heavy atom. The second-order valence-corrected chi connectivity index (χ2v) is 5.00. The molecule has 2 aliphatic carbocycles. The first-order chi connectivity index (χ1) is 5.43. The fourth-order valence-electron chi connectivity index (χ4n) is 3.16. The van der Waals surface area contributed by atoms with Gasteiger partial charge < -0.3 is 10.2 Å². The SMILES string of the molecule is CC1(O)CC[C@@H]2[C@H]1CCC2(C)O. The Morgan fingerprint density at radius 2 is 1.25 bits per heavy atom. The molecular weight excluding hydrogens is 152 g/mol. The van der Waals surface area contributed by atoms with Crippen LogP contribution in [0.1, 0.15) is 39.5 Å². The number of hydrogen-bond donors (Lipinski definition) is 2. The van der Waals surface area contributed by atoms with Gasteiger partial charge in [0.15, 0.2) is 0 Å². The molecule has 2 heteroatoms. The lowest BCUT2D eigenvalue weighted by Gasteiger charge is -2.27. The number of aliphatic hydroxyl groups is 2. The molecule has 0 saturated heterocycles. The molecule has 2 unspecified atom stereocenters. The maximum atomic E-state index is 9.99. The molecule has 2 saturated carbocycles. The average Bonchev–Trinajstić information content (AvgIpc) is 2.36. The highest BCUT2D eigenvalue weighted by Crippen LogP contribution is 2.53. The predicted octanol–water partition coefficient (Wildman–Crippen LogP) is 1.31. The van der Waals surface area contributed by atoms with E-state index in [1.54, 1.807) is 0 Å². The van der Waals surface area contributed by atoms with E-state index in [0.717, 1.165) is 25.7 Å². The maximum absolute atomic E-state index is 9.99. The summed E-state index contributed by atoms with van der Waals surface area (Å²) in [6.07, 6.45) is 3.70. The zero-order chi connectivity index (χ0) is 8.98. The van der Waals surface area contributed by atoms with Crippen molar-refractivity contribution in [3.63, 3.8) is 0 Å². The van der Waals surface area contributed by atoms with E-state index in [1.807, 2.05) is 13.8 Å². The molecule has 0 amide bonds. The third-order valence-corrected chi connectivity index (χ3v) is 4.01. The molecule has 2 N–H and O–H groups in total. The van der Waals surface area contributed by atoms with Gasteiger partial charge in [-0.3, -0.25) is 0 Å². The minimum Gasteiger partial charge on any atom is -0.390 e. The van der Waals surface area contributed by atoms with E-state index in [9.17, 15) is 10.2 Å². The molecule has 0 bridgehead atoms. The normalized spacial score (nSPS) is 59.0. The Balaban J connectivity index is 2.23. The minimum atomic E-state index is -0.509. The Morgan fingerprint density at radius 1 is 0.917 bits per heavy atom. The van der Waals surface area contributed by atoms with Gasteiger partial charge in [0.1, 0.15) is 0 Å². The van der Waals surface area contributed by atoms with E-state index < -0.39 is 11.2 Å². The summed E-state index contributed by atoms with van der Waals surface area (Å²) in [4.78, 5) is 0. The van der Waals surface area contributed by atoms with Gasteiger partial charge in [-0.25, -0.2) is 0 Å². The lowest BCUT2D eigenvalue weighted by atomic mass is 9.86. The second kappa shape index (κ2) is 2.24. The van der Waals surface area contributed by atoms with Crippen molar-refractivity contribution in [3.8, 4) is 0 Å². The Bertz CT molecular complexity index is 174. The van der Waals surface area contributed by atoms with Crippen molar-refractivity contribution >= 4 is 0 Å². The van der Waals surface area contributed by atoms with Gasteiger partial charge in [0.05, 0.1) is 11.2 Å². The smallest absolute Gasteiger partial charge is 0.0651 e. The van der Waals surface area contributed by atoms with E-state index in [2.05, 4.69) is 0 Å². The van der Waals surface area contributed by atoms with Crippen molar-refractivity contribution in [2.75, 3.05) is 0 Å². The number of rotatable bonds is 0. The van der Waals surface area contributed by atoms with E-state index in [4.69, 9.17) is 0 Å². The summed E-state index contributed by atoms with van der Waals surface area (Å²) in [5.74, 6) is 0.681. The topological polar surface area (TPSA) is 40.5 Å². The minimum absolute atomic E-state index is 0.340. The quantitative estimate of drug-likeness (QED) is 0.575. The lowest BCUT2D eigenvalue weighted by molar-refractivity contribution is -0.0116. The first-order valence-corrected chi connectivity index (χ1v) is 4.88. The van der Waals surface area contributed by atoms with Crippen molar-refractivity contribution in [1.29, 1.82) is 0 Å². The van der Waals surface area contributed by atoms with Crippen LogP contribution in [-0.2, 0) is 0 Å². The zero-order valence-electron chi connectivity index (χ0n) is 7.88. The van der Waals surface area contributed by atoms with Crippen LogP contribution >= 0.6 is 0 Å². The summed E-state index contributed by atoms with van der Waals surface area (Å²) < 4.78 is 0. The Labute approximate surface area is 73.6 Å². The molecule has 2 fully saturated rings. The molecule has 0 aromatic carbocycles. The summed E-state index contributed by atoms with van der Waals surface area (Å²) in [6, 6.07) is 0. The van der Waals surface area contributed by atoms with Gasteiger partial charge in [-0.2, -0.15) is 0 Å². The van der Waals surface area contributed by atoms with Gasteiger partial charge in [-0.05, 0) is 51.4 Å². The first-order valence-electron chi connectivity index (χ1n) is 4.88. The summed E-state index contributed by atoms with van der Waals surface area (Å²) in [7, 11) is 0. The molecule has 0 spiro atoms. The molecule has 0 heterocycles. The van der Waals surface area contributed by atoms with Crippen molar-refractivity contribution in [2.45, 2.75) is 50.7 Å². The third kappa shape index (κ3) is 1.01.